The Balaban J connectivity index is 2.00. The highest BCUT2D eigenvalue weighted by atomic mass is 16.3. The Hall–Kier alpha value is -3.15. The molecule has 0 heterocycles. The number of amides is 2. The Morgan fingerprint density at radius 1 is 1.14 bits per heavy atom. The van der Waals surface area contributed by atoms with Gasteiger partial charge in [-0.05, 0) is 48.0 Å². The van der Waals surface area contributed by atoms with E-state index >= 15 is 0 Å². The Labute approximate surface area is 127 Å². The second-order valence-corrected chi connectivity index (χ2v) is 4.55. The maximum atomic E-state index is 11.9. The number of phenolic OH excluding ortho intramolecular Hbond substituents is 1. The van der Waals surface area contributed by atoms with E-state index in [1.807, 2.05) is 0 Å². The minimum absolute atomic E-state index is 0.163. The van der Waals surface area contributed by atoms with E-state index in [1.54, 1.807) is 36.4 Å². The molecule has 2 aromatic rings. The lowest BCUT2D eigenvalue weighted by atomic mass is 10.2. The zero-order chi connectivity index (χ0) is 15.9. The highest BCUT2D eigenvalue weighted by molar-refractivity contribution is 5.97. The van der Waals surface area contributed by atoms with E-state index in [4.69, 9.17) is 5.11 Å². The average molecular weight is 297 g/mol. The van der Waals surface area contributed by atoms with Crippen LogP contribution in [0.3, 0.4) is 0 Å². The van der Waals surface area contributed by atoms with Gasteiger partial charge in [0.15, 0.2) is 0 Å². The van der Waals surface area contributed by atoms with Crippen molar-refractivity contribution in [2.24, 2.45) is 5.10 Å². The molecule has 0 aliphatic heterocycles. The van der Waals surface area contributed by atoms with Crippen molar-refractivity contribution in [3.05, 3.63) is 59.7 Å². The molecule has 0 saturated carbocycles. The van der Waals surface area contributed by atoms with Crippen LogP contribution in [0.25, 0.3) is 0 Å². The summed E-state index contributed by atoms with van der Waals surface area (Å²) >= 11 is 0. The third-order valence-electron chi connectivity index (χ3n) is 2.72. The van der Waals surface area contributed by atoms with Crippen LogP contribution in [0.2, 0.25) is 0 Å². The SMILES string of the molecule is CC(=O)Nc1cccc(C(=O)N/N=C/c2ccc(O)cc2)c1. The van der Waals surface area contributed by atoms with Gasteiger partial charge in [0.05, 0.1) is 6.21 Å². The predicted octanol–water partition coefficient (Wildman–Crippen LogP) is 2.11. The summed E-state index contributed by atoms with van der Waals surface area (Å²) < 4.78 is 0. The summed E-state index contributed by atoms with van der Waals surface area (Å²) in [7, 11) is 0. The molecule has 2 rings (SSSR count). The van der Waals surface area contributed by atoms with Crippen LogP contribution < -0.4 is 10.7 Å². The van der Waals surface area contributed by atoms with Gasteiger partial charge in [0.2, 0.25) is 5.91 Å². The number of nitrogens with zero attached hydrogens (tertiary/aromatic N) is 1. The lowest BCUT2D eigenvalue weighted by Crippen LogP contribution is -2.18. The Morgan fingerprint density at radius 3 is 2.55 bits per heavy atom. The molecule has 0 fully saturated rings. The molecule has 0 aliphatic carbocycles. The van der Waals surface area contributed by atoms with E-state index in [2.05, 4.69) is 15.8 Å². The molecule has 3 N–H and O–H groups in total. The normalized spacial score (nSPS) is 10.4. The average Bonchev–Trinajstić information content (AvgIpc) is 2.49. The molecule has 0 unspecified atom stereocenters. The maximum Gasteiger partial charge on any atom is 0.271 e. The number of hydrogen-bond acceptors (Lipinski definition) is 4. The zero-order valence-corrected chi connectivity index (χ0v) is 11.9. The van der Waals surface area contributed by atoms with Crippen LogP contribution >= 0.6 is 0 Å². The van der Waals surface area contributed by atoms with Gasteiger partial charge in [-0.25, -0.2) is 5.43 Å². The molecular weight excluding hydrogens is 282 g/mol. The third-order valence-corrected chi connectivity index (χ3v) is 2.72. The quantitative estimate of drug-likeness (QED) is 0.596. The summed E-state index contributed by atoms with van der Waals surface area (Å²) in [5.74, 6) is -0.430. The summed E-state index contributed by atoms with van der Waals surface area (Å²) in [6.45, 7) is 1.40. The fourth-order valence-electron chi connectivity index (χ4n) is 1.73. The molecule has 6 nitrogen and oxygen atoms in total. The Kier molecular flexibility index (Phi) is 4.87. The zero-order valence-electron chi connectivity index (χ0n) is 11.9. The van der Waals surface area contributed by atoms with E-state index in [0.29, 0.717) is 11.3 Å². The molecular formula is C16H15N3O3. The molecule has 0 atom stereocenters. The minimum atomic E-state index is -0.387. The molecule has 2 aromatic carbocycles. The van der Waals surface area contributed by atoms with E-state index < -0.39 is 0 Å². The molecule has 22 heavy (non-hydrogen) atoms. The Bertz CT molecular complexity index is 709. The smallest absolute Gasteiger partial charge is 0.271 e. The molecule has 0 aromatic heterocycles. The van der Waals surface area contributed by atoms with Crippen LogP contribution in [0.5, 0.6) is 5.75 Å². The Morgan fingerprint density at radius 2 is 1.86 bits per heavy atom. The van der Waals surface area contributed by atoms with Crippen molar-refractivity contribution < 1.29 is 14.7 Å². The lowest BCUT2D eigenvalue weighted by molar-refractivity contribution is -0.114. The summed E-state index contributed by atoms with van der Waals surface area (Å²) in [5.41, 5.74) is 4.07. The van der Waals surface area contributed by atoms with E-state index in [9.17, 15) is 9.59 Å². The standard InChI is InChI=1S/C16H15N3O3/c1-11(20)18-14-4-2-3-13(9-14)16(22)19-17-10-12-5-7-15(21)8-6-12/h2-10,21H,1H3,(H,18,20)(H,19,22)/b17-10+. The van der Waals surface area contributed by atoms with Gasteiger partial charge < -0.3 is 10.4 Å². The number of benzene rings is 2. The van der Waals surface area contributed by atoms with Gasteiger partial charge in [0.25, 0.3) is 5.91 Å². The first-order valence-electron chi connectivity index (χ1n) is 6.55. The van der Waals surface area contributed by atoms with Crippen LogP contribution in [0.4, 0.5) is 5.69 Å². The maximum absolute atomic E-state index is 11.9. The molecule has 0 spiro atoms. The second-order valence-electron chi connectivity index (χ2n) is 4.55. The highest BCUT2D eigenvalue weighted by Gasteiger charge is 2.05. The van der Waals surface area contributed by atoms with Crippen molar-refractivity contribution in [2.75, 3.05) is 5.32 Å². The molecule has 0 bridgehead atoms. The van der Waals surface area contributed by atoms with Crippen molar-refractivity contribution in [1.82, 2.24) is 5.43 Å². The molecule has 0 radical (unpaired) electrons. The first kappa shape index (κ1) is 15.2. The van der Waals surface area contributed by atoms with Gasteiger partial charge in [-0.2, -0.15) is 5.10 Å². The second kappa shape index (κ2) is 7.03. The van der Waals surface area contributed by atoms with Gasteiger partial charge in [0.1, 0.15) is 5.75 Å². The van der Waals surface area contributed by atoms with Gasteiger partial charge in [-0.1, -0.05) is 6.07 Å². The summed E-state index contributed by atoms with van der Waals surface area (Å²) in [5, 5.41) is 15.6. The number of anilines is 1. The van der Waals surface area contributed by atoms with Gasteiger partial charge in [-0.3, -0.25) is 9.59 Å². The van der Waals surface area contributed by atoms with E-state index in [0.717, 1.165) is 5.56 Å². The van der Waals surface area contributed by atoms with Crippen molar-refractivity contribution in [2.45, 2.75) is 6.92 Å². The molecule has 6 heteroatoms. The van der Waals surface area contributed by atoms with Crippen molar-refractivity contribution >= 4 is 23.7 Å². The van der Waals surface area contributed by atoms with Gasteiger partial charge in [0, 0.05) is 18.2 Å². The topological polar surface area (TPSA) is 90.8 Å². The third kappa shape index (κ3) is 4.45. The van der Waals surface area contributed by atoms with Gasteiger partial charge in [-0.15, -0.1) is 0 Å². The number of phenols is 1. The number of nitrogens with one attached hydrogen (secondary N) is 2. The summed E-state index contributed by atoms with van der Waals surface area (Å²) in [6, 6.07) is 12.9. The van der Waals surface area contributed by atoms with E-state index in [-0.39, 0.29) is 17.6 Å². The summed E-state index contributed by atoms with van der Waals surface area (Å²) in [6.07, 6.45) is 1.47. The number of hydrazone groups is 1. The minimum Gasteiger partial charge on any atom is -0.508 e. The molecule has 0 aliphatic rings. The number of carbonyl (C=O) groups is 2. The fraction of sp³-hybridized carbons (Fsp3) is 0.0625. The van der Waals surface area contributed by atoms with Crippen LogP contribution in [0.15, 0.2) is 53.6 Å². The number of carbonyl (C=O) groups excluding carboxylic acids is 2. The summed E-state index contributed by atoms with van der Waals surface area (Å²) in [4.78, 5) is 22.9. The number of rotatable bonds is 4. The molecule has 0 saturated heterocycles. The number of aromatic hydroxyl groups is 1. The fourth-order valence-corrected chi connectivity index (χ4v) is 1.73. The molecule has 2 amide bonds. The lowest BCUT2D eigenvalue weighted by Gasteiger charge is -2.04. The number of hydrogen-bond donors (Lipinski definition) is 3. The first-order valence-corrected chi connectivity index (χ1v) is 6.55. The molecule has 112 valence electrons. The van der Waals surface area contributed by atoms with Crippen LogP contribution in [0.1, 0.15) is 22.8 Å². The van der Waals surface area contributed by atoms with Crippen LogP contribution in [-0.4, -0.2) is 23.1 Å². The highest BCUT2D eigenvalue weighted by Crippen LogP contribution is 2.10. The largest absolute Gasteiger partial charge is 0.508 e. The van der Waals surface area contributed by atoms with Crippen LogP contribution in [-0.2, 0) is 4.79 Å². The van der Waals surface area contributed by atoms with Crippen molar-refractivity contribution in [3.63, 3.8) is 0 Å². The van der Waals surface area contributed by atoms with Crippen molar-refractivity contribution in [3.8, 4) is 5.75 Å². The predicted molar refractivity (Wildman–Crippen MR) is 83.9 cm³/mol. The monoisotopic (exact) mass is 297 g/mol. The van der Waals surface area contributed by atoms with Crippen molar-refractivity contribution in [1.29, 1.82) is 0 Å². The first-order chi connectivity index (χ1) is 10.5. The van der Waals surface area contributed by atoms with Gasteiger partial charge >= 0.3 is 0 Å². The van der Waals surface area contributed by atoms with E-state index in [1.165, 1.54) is 25.3 Å². The van der Waals surface area contributed by atoms with Crippen LogP contribution in [0, 0.1) is 0 Å².